The van der Waals surface area contributed by atoms with Crippen LogP contribution in [0.4, 0.5) is 0 Å². The molecule has 0 aromatic heterocycles. The standard InChI is InChI=1S/C14H20O2/c1-11(15)4-3-9-16-14-8-7-12-5-2-6-13(12)10-14/h7-8,10-11,15H,2-6,9H2,1H3. The second-order valence-electron chi connectivity index (χ2n) is 4.62. The van der Waals surface area contributed by atoms with Crippen molar-refractivity contribution in [3.05, 3.63) is 29.3 Å². The highest BCUT2D eigenvalue weighted by Gasteiger charge is 2.10. The maximum atomic E-state index is 9.12. The van der Waals surface area contributed by atoms with Gasteiger partial charge < -0.3 is 9.84 Å². The van der Waals surface area contributed by atoms with Crippen LogP contribution in [0.2, 0.25) is 0 Å². The average Bonchev–Trinajstić information content (AvgIpc) is 2.71. The van der Waals surface area contributed by atoms with Crippen LogP contribution in [0, 0.1) is 0 Å². The molecule has 2 rings (SSSR count). The highest BCUT2D eigenvalue weighted by Crippen LogP contribution is 2.26. The monoisotopic (exact) mass is 220 g/mol. The molecule has 1 aromatic rings. The average molecular weight is 220 g/mol. The first-order valence-electron chi connectivity index (χ1n) is 6.18. The second-order valence-corrected chi connectivity index (χ2v) is 4.62. The summed E-state index contributed by atoms with van der Waals surface area (Å²) in [4.78, 5) is 0. The van der Waals surface area contributed by atoms with Crippen LogP contribution in [0.3, 0.4) is 0 Å². The van der Waals surface area contributed by atoms with E-state index in [1.165, 1.54) is 30.4 Å². The minimum absolute atomic E-state index is 0.219. The highest BCUT2D eigenvalue weighted by atomic mass is 16.5. The van der Waals surface area contributed by atoms with Gasteiger partial charge in [0.25, 0.3) is 0 Å². The van der Waals surface area contributed by atoms with E-state index in [2.05, 4.69) is 18.2 Å². The van der Waals surface area contributed by atoms with E-state index >= 15 is 0 Å². The fraction of sp³-hybridized carbons (Fsp3) is 0.571. The molecule has 2 nitrogen and oxygen atoms in total. The van der Waals surface area contributed by atoms with Crippen LogP contribution in [-0.2, 0) is 12.8 Å². The molecule has 1 aromatic carbocycles. The van der Waals surface area contributed by atoms with E-state index in [4.69, 9.17) is 9.84 Å². The third-order valence-corrected chi connectivity index (χ3v) is 3.10. The largest absolute Gasteiger partial charge is 0.494 e. The van der Waals surface area contributed by atoms with E-state index in [9.17, 15) is 0 Å². The third-order valence-electron chi connectivity index (χ3n) is 3.10. The third kappa shape index (κ3) is 2.99. The van der Waals surface area contributed by atoms with E-state index < -0.39 is 0 Å². The highest BCUT2D eigenvalue weighted by molar-refractivity contribution is 5.38. The molecule has 1 unspecified atom stereocenters. The minimum atomic E-state index is -0.219. The molecule has 1 aliphatic rings. The lowest BCUT2D eigenvalue weighted by atomic mass is 10.1. The van der Waals surface area contributed by atoms with Gasteiger partial charge >= 0.3 is 0 Å². The fourth-order valence-electron chi connectivity index (χ4n) is 2.21. The predicted octanol–water partition coefficient (Wildman–Crippen LogP) is 2.72. The number of aryl methyl sites for hydroxylation is 2. The van der Waals surface area contributed by atoms with Gasteiger partial charge in [0.15, 0.2) is 0 Å². The molecule has 0 heterocycles. The topological polar surface area (TPSA) is 29.5 Å². The SMILES string of the molecule is CC(O)CCCOc1ccc2c(c1)CCC2. The molecule has 1 atom stereocenters. The Bertz CT molecular complexity index is 345. The molecule has 0 amide bonds. The van der Waals surface area contributed by atoms with Gasteiger partial charge in [0.2, 0.25) is 0 Å². The Morgan fingerprint density at radius 1 is 1.31 bits per heavy atom. The number of hydrogen-bond donors (Lipinski definition) is 1. The zero-order chi connectivity index (χ0) is 11.4. The van der Waals surface area contributed by atoms with Crippen molar-refractivity contribution >= 4 is 0 Å². The number of fused-ring (bicyclic) bond motifs is 1. The van der Waals surface area contributed by atoms with Crippen LogP contribution < -0.4 is 4.74 Å². The lowest BCUT2D eigenvalue weighted by Gasteiger charge is -2.08. The summed E-state index contributed by atoms with van der Waals surface area (Å²) < 4.78 is 5.67. The Morgan fingerprint density at radius 2 is 2.12 bits per heavy atom. The molecule has 0 saturated heterocycles. The molecule has 2 heteroatoms. The van der Waals surface area contributed by atoms with Crippen LogP contribution in [0.15, 0.2) is 18.2 Å². The van der Waals surface area contributed by atoms with Crippen molar-refractivity contribution in [1.29, 1.82) is 0 Å². The second kappa shape index (κ2) is 5.35. The van der Waals surface area contributed by atoms with Crippen molar-refractivity contribution in [3.63, 3.8) is 0 Å². The van der Waals surface area contributed by atoms with Gasteiger partial charge in [0.1, 0.15) is 5.75 Å². The number of hydrogen-bond acceptors (Lipinski definition) is 2. The molecule has 0 bridgehead atoms. The summed E-state index contributed by atoms with van der Waals surface area (Å²) in [6.45, 7) is 2.51. The first-order valence-corrected chi connectivity index (χ1v) is 6.18. The van der Waals surface area contributed by atoms with Crippen molar-refractivity contribution in [1.82, 2.24) is 0 Å². The summed E-state index contributed by atoms with van der Waals surface area (Å²) in [6, 6.07) is 6.42. The van der Waals surface area contributed by atoms with Crippen molar-refractivity contribution < 1.29 is 9.84 Å². The van der Waals surface area contributed by atoms with Gasteiger partial charge in [-0.25, -0.2) is 0 Å². The Hall–Kier alpha value is -1.02. The van der Waals surface area contributed by atoms with Gasteiger partial charge in [-0.05, 0) is 62.3 Å². The summed E-state index contributed by atoms with van der Waals surface area (Å²) in [6.07, 6.45) is 5.20. The summed E-state index contributed by atoms with van der Waals surface area (Å²) in [5, 5.41) is 9.12. The van der Waals surface area contributed by atoms with Gasteiger partial charge in [0.05, 0.1) is 12.7 Å². The zero-order valence-corrected chi connectivity index (χ0v) is 9.91. The van der Waals surface area contributed by atoms with Gasteiger partial charge in [-0.1, -0.05) is 6.07 Å². The van der Waals surface area contributed by atoms with E-state index in [1.807, 2.05) is 6.92 Å². The Balaban J connectivity index is 1.81. The van der Waals surface area contributed by atoms with Gasteiger partial charge in [0, 0.05) is 0 Å². The number of aliphatic hydroxyl groups is 1. The molecule has 0 radical (unpaired) electrons. The van der Waals surface area contributed by atoms with Crippen molar-refractivity contribution in [2.24, 2.45) is 0 Å². The first kappa shape index (κ1) is 11.5. The van der Waals surface area contributed by atoms with Crippen LogP contribution in [0.1, 0.15) is 37.3 Å². The van der Waals surface area contributed by atoms with Gasteiger partial charge in [-0.2, -0.15) is 0 Å². The predicted molar refractivity (Wildman–Crippen MR) is 64.9 cm³/mol. The molecular weight excluding hydrogens is 200 g/mol. The zero-order valence-electron chi connectivity index (χ0n) is 9.91. The molecule has 16 heavy (non-hydrogen) atoms. The molecular formula is C14H20O2. The van der Waals surface area contributed by atoms with Crippen molar-refractivity contribution in [3.8, 4) is 5.75 Å². The van der Waals surface area contributed by atoms with Crippen LogP contribution in [-0.4, -0.2) is 17.8 Å². The number of rotatable bonds is 5. The Kier molecular flexibility index (Phi) is 3.83. The molecule has 0 spiro atoms. The Labute approximate surface area is 97.3 Å². The van der Waals surface area contributed by atoms with Crippen LogP contribution >= 0.6 is 0 Å². The van der Waals surface area contributed by atoms with E-state index in [0.29, 0.717) is 6.61 Å². The summed E-state index contributed by atoms with van der Waals surface area (Å²) in [5.74, 6) is 0.978. The molecule has 1 N–H and O–H groups in total. The molecule has 0 fully saturated rings. The number of ether oxygens (including phenoxy) is 1. The van der Waals surface area contributed by atoms with Crippen molar-refractivity contribution in [2.75, 3.05) is 6.61 Å². The lowest BCUT2D eigenvalue weighted by Crippen LogP contribution is -2.04. The summed E-state index contributed by atoms with van der Waals surface area (Å²) in [7, 11) is 0. The van der Waals surface area contributed by atoms with Crippen LogP contribution in [0.25, 0.3) is 0 Å². The quantitative estimate of drug-likeness (QED) is 0.773. The normalized spacial score (nSPS) is 15.9. The smallest absolute Gasteiger partial charge is 0.119 e. The first-order chi connectivity index (χ1) is 7.75. The number of aliphatic hydroxyl groups excluding tert-OH is 1. The van der Waals surface area contributed by atoms with E-state index in [1.54, 1.807) is 0 Å². The van der Waals surface area contributed by atoms with Gasteiger partial charge in [-0.15, -0.1) is 0 Å². The molecule has 0 aliphatic heterocycles. The summed E-state index contributed by atoms with van der Waals surface area (Å²) >= 11 is 0. The maximum absolute atomic E-state index is 9.12. The molecule has 0 saturated carbocycles. The lowest BCUT2D eigenvalue weighted by molar-refractivity contribution is 0.170. The van der Waals surface area contributed by atoms with Crippen LogP contribution in [0.5, 0.6) is 5.75 Å². The Morgan fingerprint density at radius 3 is 2.94 bits per heavy atom. The summed E-state index contributed by atoms with van der Waals surface area (Å²) in [5.41, 5.74) is 2.93. The van der Waals surface area contributed by atoms with Gasteiger partial charge in [-0.3, -0.25) is 0 Å². The van der Waals surface area contributed by atoms with E-state index in [-0.39, 0.29) is 6.10 Å². The fourth-order valence-corrected chi connectivity index (χ4v) is 2.21. The maximum Gasteiger partial charge on any atom is 0.119 e. The molecule has 88 valence electrons. The van der Waals surface area contributed by atoms with Crippen molar-refractivity contribution in [2.45, 2.75) is 45.1 Å². The van der Waals surface area contributed by atoms with E-state index in [0.717, 1.165) is 18.6 Å². The minimum Gasteiger partial charge on any atom is -0.494 e. The molecule has 1 aliphatic carbocycles. The number of benzene rings is 1.